The number of nitrogens with one attached hydrogen (secondary N) is 1. The highest BCUT2D eigenvalue weighted by Gasteiger charge is 2.26. The van der Waals surface area contributed by atoms with Crippen molar-refractivity contribution < 1.29 is 0 Å². The van der Waals surface area contributed by atoms with Gasteiger partial charge < -0.3 is 5.32 Å². The lowest BCUT2D eigenvalue weighted by Gasteiger charge is -2.34. The van der Waals surface area contributed by atoms with Gasteiger partial charge in [0.15, 0.2) is 5.17 Å². The molecule has 1 saturated carbocycles. The molecule has 0 saturated heterocycles. The third kappa shape index (κ3) is 2.93. The van der Waals surface area contributed by atoms with Gasteiger partial charge in [-0.1, -0.05) is 32.0 Å². The van der Waals surface area contributed by atoms with E-state index in [-0.39, 0.29) is 0 Å². The number of amidine groups is 1. The van der Waals surface area contributed by atoms with Gasteiger partial charge in [-0.2, -0.15) is 0 Å². The van der Waals surface area contributed by atoms with Gasteiger partial charge in [-0.25, -0.2) is 0 Å². The van der Waals surface area contributed by atoms with Crippen molar-refractivity contribution in [2.75, 3.05) is 5.75 Å². The van der Waals surface area contributed by atoms with Crippen LogP contribution in [-0.4, -0.2) is 23.0 Å². The van der Waals surface area contributed by atoms with E-state index < -0.39 is 0 Å². The Kier molecular flexibility index (Phi) is 4.17. The van der Waals surface area contributed by atoms with Crippen LogP contribution in [0.4, 0.5) is 0 Å². The molecule has 92 valence electrons. The Morgan fingerprint density at radius 3 is 2.56 bits per heavy atom. The summed E-state index contributed by atoms with van der Waals surface area (Å²) in [5.74, 6) is 2.80. The SMILES string of the molecule is CC(C)C1CCSC(NC(C)C2CCC2)=N1. The topological polar surface area (TPSA) is 24.4 Å². The summed E-state index contributed by atoms with van der Waals surface area (Å²) in [6.07, 6.45) is 5.47. The Bertz CT molecular complexity index is 259. The van der Waals surface area contributed by atoms with E-state index in [2.05, 4.69) is 26.1 Å². The summed E-state index contributed by atoms with van der Waals surface area (Å²) in [5.41, 5.74) is 0. The fourth-order valence-electron chi connectivity index (χ4n) is 2.34. The van der Waals surface area contributed by atoms with Gasteiger partial charge in [0, 0.05) is 11.8 Å². The number of hydrogen-bond acceptors (Lipinski definition) is 3. The van der Waals surface area contributed by atoms with Crippen LogP contribution in [0.25, 0.3) is 0 Å². The molecule has 2 nitrogen and oxygen atoms in total. The summed E-state index contributed by atoms with van der Waals surface area (Å²) in [7, 11) is 0. The fraction of sp³-hybridized carbons (Fsp3) is 0.923. The third-order valence-electron chi connectivity index (χ3n) is 3.91. The number of nitrogens with zero attached hydrogens (tertiary/aromatic N) is 1. The Morgan fingerprint density at radius 1 is 1.25 bits per heavy atom. The zero-order valence-electron chi connectivity index (χ0n) is 10.7. The summed E-state index contributed by atoms with van der Waals surface area (Å²) in [4.78, 5) is 4.83. The predicted octanol–water partition coefficient (Wildman–Crippen LogP) is 3.28. The molecular formula is C13H24N2S. The molecular weight excluding hydrogens is 216 g/mol. The summed E-state index contributed by atoms with van der Waals surface area (Å²) in [5, 5.41) is 4.82. The molecule has 0 aromatic rings. The minimum atomic E-state index is 0.539. The molecule has 0 radical (unpaired) electrons. The lowest BCUT2D eigenvalue weighted by Crippen LogP contribution is -2.41. The average Bonchev–Trinajstić information content (AvgIpc) is 2.15. The molecule has 0 aromatic heterocycles. The molecule has 16 heavy (non-hydrogen) atoms. The average molecular weight is 240 g/mol. The molecule has 0 aromatic carbocycles. The summed E-state index contributed by atoms with van der Waals surface area (Å²) in [6, 6.07) is 1.16. The smallest absolute Gasteiger partial charge is 0.157 e. The maximum atomic E-state index is 4.83. The van der Waals surface area contributed by atoms with E-state index in [4.69, 9.17) is 4.99 Å². The maximum absolute atomic E-state index is 4.83. The van der Waals surface area contributed by atoms with Gasteiger partial charge in [-0.3, -0.25) is 4.99 Å². The van der Waals surface area contributed by atoms with Crippen molar-refractivity contribution in [3.63, 3.8) is 0 Å². The zero-order valence-corrected chi connectivity index (χ0v) is 11.5. The molecule has 1 aliphatic heterocycles. The van der Waals surface area contributed by atoms with Crippen LogP contribution in [0.15, 0.2) is 4.99 Å². The van der Waals surface area contributed by atoms with Crippen molar-refractivity contribution in [3.8, 4) is 0 Å². The van der Waals surface area contributed by atoms with Crippen molar-refractivity contribution in [1.29, 1.82) is 0 Å². The standard InChI is InChI=1S/C13H24N2S/c1-9(2)12-7-8-16-13(15-12)14-10(3)11-5-4-6-11/h9-12H,4-8H2,1-3H3,(H,14,15). The first-order valence-corrected chi connectivity index (χ1v) is 7.62. The van der Waals surface area contributed by atoms with Crippen molar-refractivity contribution in [3.05, 3.63) is 0 Å². The Labute approximate surface area is 104 Å². The Morgan fingerprint density at radius 2 is 2.00 bits per heavy atom. The van der Waals surface area contributed by atoms with E-state index in [0.29, 0.717) is 18.0 Å². The number of hydrogen-bond donors (Lipinski definition) is 1. The van der Waals surface area contributed by atoms with E-state index in [0.717, 1.165) is 5.92 Å². The predicted molar refractivity (Wildman–Crippen MR) is 73.1 cm³/mol. The monoisotopic (exact) mass is 240 g/mol. The second-order valence-electron chi connectivity index (χ2n) is 5.51. The molecule has 1 aliphatic carbocycles. The van der Waals surface area contributed by atoms with Gasteiger partial charge in [0.05, 0.1) is 6.04 Å². The van der Waals surface area contributed by atoms with Crippen LogP contribution in [0.5, 0.6) is 0 Å². The quantitative estimate of drug-likeness (QED) is 0.818. The minimum absolute atomic E-state index is 0.539. The fourth-order valence-corrected chi connectivity index (χ4v) is 3.37. The van der Waals surface area contributed by atoms with Crippen LogP contribution >= 0.6 is 11.8 Å². The third-order valence-corrected chi connectivity index (χ3v) is 4.85. The molecule has 0 amide bonds. The van der Waals surface area contributed by atoms with Gasteiger partial charge in [0.2, 0.25) is 0 Å². The lowest BCUT2D eigenvalue weighted by molar-refractivity contribution is 0.259. The summed E-state index contributed by atoms with van der Waals surface area (Å²) >= 11 is 1.90. The number of thioether (sulfide) groups is 1. The lowest BCUT2D eigenvalue weighted by atomic mass is 9.80. The van der Waals surface area contributed by atoms with Crippen molar-refractivity contribution in [2.24, 2.45) is 16.8 Å². The van der Waals surface area contributed by atoms with E-state index in [1.54, 1.807) is 0 Å². The molecule has 1 fully saturated rings. The second-order valence-corrected chi connectivity index (χ2v) is 6.59. The van der Waals surface area contributed by atoms with Crippen LogP contribution in [0.1, 0.15) is 46.5 Å². The summed E-state index contributed by atoms with van der Waals surface area (Å²) < 4.78 is 0. The highest BCUT2D eigenvalue weighted by molar-refractivity contribution is 8.13. The highest BCUT2D eigenvalue weighted by Crippen LogP contribution is 2.30. The second kappa shape index (κ2) is 5.44. The molecule has 0 bridgehead atoms. The molecule has 0 spiro atoms. The zero-order chi connectivity index (χ0) is 11.5. The molecule has 2 aliphatic rings. The maximum Gasteiger partial charge on any atom is 0.157 e. The van der Waals surface area contributed by atoms with Crippen LogP contribution in [0, 0.1) is 11.8 Å². The van der Waals surface area contributed by atoms with Gasteiger partial charge in [-0.05, 0) is 38.0 Å². The minimum Gasteiger partial charge on any atom is -0.362 e. The van der Waals surface area contributed by atoms with Gasteiger partial charge in [0.1, 0.15) is 0 Å². The van der Waals surface area contributed by atoms with Crippen molar-refractivity contribution >= 4 is 16.9 Å². The van der Waals surface area contributed by atoms with E-state index in [1.807, 2.05) is 11.8 Å². The summed E-state index contributed by atoms with van der Waals surface area (Å²) in [6.45, 7) is 6.86. The normalized spacial score (nSPS) is 28.5. The first-order chi connectivity index (χ1) is 7.66. The number of rotatable bonds is 3. The largest absolute Gasteiger partial charge is 0.362 e. The van der Waals surface area contributed by atoms with E-state index >= 15 is 0 Å². The van der Waals surface area contributed by atoms with Crippen molar-refractivity contribution in [1.82, 2.24) is 5.32 Å². The van der Waals surface area contributed by atoms with Gasteiger partial charge in [-0.15, -0.1) is 0 Å². The van der Waals surface area contributed by atoms with Crippen molar-refractivity contribution in [2.45, 2.75) is 58.5 Å². The van der Waals surface area contributed by atoms with Crippen LogP contribution < -0.4 is 5.32 Å². The Balaban J connectivity index is 1.87. The first kappa shape index (κ1) is 12.3. The van der Waals surface area contributed by atoms with E-state index in [1.165, 1.54) is 36.6 Å². The number of aliphatic imine (C=N–C) groups is 1. The van der Waals surface area contributed by atoms with Crippen LogP contribution in [0.3, 0.4) is 0 Å². The Hall–Kier alpha value is -0.180. The molecule has 1 N–H and O–H groups in total. The molecule has 2 atom stereocenters. The van der Waals surface area contributed by atoms with Crippen LogP contribution in [0.2, 0.25) is 0 Å². The van der Waals surface area contributed by atoms with Gasteiger partial charge in [0.25, 0.3) is 0 Å². The molecule has 3 heteroatoms. The molecule has 1 heterocycles. The first-order valence-electron chi connectivity index (χ1n) is 6.64. The highest BCUT2D eigenvalue weighted by atomic mass is 32.2. The van der Waals surface area contributed by atoms with Crippen LogP contribution in [-0.2, 0) is 0 Å². The molecule has 2 rings (SSSR count). The molecule has 2 unspecified atom stereocenters. The van der Waals surface area contributed by atoms with Gasteiger partial charge >= 0.3 is 0 Å². The van der Waals surface area contributed by atoms with E-state index in [9.17, 15) is 0 Å².